The van der Waals surface area contributed by atoms with E-state index in [0.717, 1.165) is 25.7 Å². The predicted molar refractivity (Wildman–Crippen MR) is 63.9 cm³/mol. The molecule has 16 heavy (non-hydrogen) atoms. The molecule has 2 aliphatic rings. The topological polar surface area (TPSA) is 26.3 Å². The summed E-state index contributed by atoms with van der Waals surface area (Å²) < 4.78 is 5.61. The van der Waals surface area contributed by atoms with Gasteiger partial charge in [-0.2, -0.15) is 0 Å². The summed E-state index contributed by atoms with van der Waals surface area (Å²) in [5.41, 5.74) is 0. The van der Waals surface area contributed by atoms with Gasteiger partial charge in [-0.25, -0.2) is 0 Å². The van der Waals surface area contributed by atoms with Crippen LogP contribution in [0.15, 0.2) is 12.2 Å². The second-order valence-corrected chi connectivity index (χ2v) is 5.30. The first kappa shape index (κ1) is 11.7. The monoisotopic (exact) mass is 222 g/mol. The fraction of sp³-hybridized carbons (Fsp3) is 0.786. The molecule has 4 atom stereocenters. The van der Waals surface area contributed by atoms with Crippen LogP contribution in [-0.2, 0) is 9.53 Å². The number of ether oxygens (including phenoxy) is 1. The summed E-state index contributed by atoms with van der Waals surface area (Å²) in [6, 6.07) is 0. The van der Waals surface area contributed by atoms with Gasteiger partial charge < -0.3 is 4.74 Å². The molecule has 2 aliphatic carbocycles. The van der Waals surface area contributed by atoms with Crippen molar-refractivity contribution < 1.29 is 9.53 Å². The van der Waals surface area contributed by atoms with Crippen LogP contribution in [0.1, 0.15) is 46.0 Å². The molecule has 0 aromatic carbocycles. The molecule has 0 N–H and O–H groups in total. The van der Waals surface area contributed by atoms with Crippen molar-refractivity contribution in [1.29, 1.82) is 0 Å². The molecular formula is C14H22O2. The molecule has 2 heteroatoms. The third-order valence-corrected chi connectivity index (χ3v) is 3.88. The van der Waals surface area contributed by atoms with Gasteiger partial charge in [-0.3, -0.25) is 4.79 Å². The second kappa shape index (κ2) is 5.03. The SMILES string of the molecule is CCCCC(C)C(=O)OC1CC2C=CC1C2. The van der Waals surface area contributed by atoms with Crippen LogP contribution in [0, 0.1) is 17.8 Å². The van der Waals surface area contributed by atoms with Crippen LogP contribution in [0.5, 0.6) is 0 Å². The number of hydrogen-bond acceptors (Lipinski definition) is 2. The Labute approximate surface area is 98.1 Å². The van der Waals surface area contributed by atoms with E-state index in [0.29, 0.717) is 11.8 Å². The number of esters is 1. The maximum absolute atomic E-state index is 11.8. The van der Waals surface area contributed by atoms with Crippen molar-refractivity contribution in [3.63, 3.8) is 0 Å². The van der Waals surface area contributed by atoms with Crippen LogP contribution in [0.25, 0.3) is 0 Å². The quantitative estimate of drug-likeness (QED) is 0.527. The highest BCUT2D eigenvalue weighted by atomic mass is 16.5. The minimum absolute atomic E-state index is 0.0133. The highest BCUT2D eigenvalue weighted by Crippen LogP contribution is 2.40. The van der Waals surface area contributed by atoms with Crippen LogP contribution in [0.4, 0.5) is 0 Å². The molecule has 0 spiro atoms. The third-order valence-electron chi connectivity index (χ3n) is 3.88. The largest absolute Gasteiger partial charge is 0.462 e. The van der Waals surface area contributed by atoms with Crippen molar-refractivity contribution in [1.82, 2.24) is 0 Å². The van der Waals surface area contributed by atoms with E-state index < -0.39 is 0 Å². The number of rotatable bonds is 5. The highest BCUT2D eigenvalue weighted by Gasteiger charge is 2.38. The van der Waals surface area contributed by atoms with Gasteiger partial charge in [0.2, 0.25) is 0 Å². The standard InChI is InChI=1S/C14H22O2/c1-3-4-5-10(2)14(15)16-13-9-11-6-7-12(13)8-11/h6-7,10-13H,3-5,8-9H2,1-2H3. The van der Waals surface area contributed by atoms with E-state index in [1.807, 2.05) is 6.92 Å². The minimum atomic E-state index is 0.0133. The van der Waals surface area contributed by atoms with E-state index >= 15 is 0 Å². The molecule has 0 aromatic rings. The van der Waals surface area contributed by atoms with Crippen molar-refractivity contribution >= 4 is 5.97 Å². The van der Waals surface area contributed by atoms with E-state index in [-0.39, 0.29) is 18.0 Å². The van der Waals surface area contributed by atoms with E-state index in [2.05, 4.69) is 19.1 Å². The van der Waals surface area contributed by atoms with E-state index in [1.165, 1.54) is 6.42 Å². The number of fused-ring (bicyclic) bond motifs is 2. The molecule has 0 saturated heterocycles. The van der Waals surface area contributed by atoms with Gasteiger partial charge in [-0.15, -0.1) is 0 Å². The normalized spacial score (nSPS) is 33.0. The zero-order chi connectivity index (χ0) is 11.5. The van der Waals surface area contributed by atoms with Crippen molar-refractivity contribution in [3.8, 4) is 0 Å². The smallest absolute Gasteiger partial charge is 0.308 e. The van der Waals surface area contributed by atoms with Crippen molar-refractivity contribution in [2.24, 2.45) is 17.8 Å². The van der Waals surface area contributed by atoms with E-state index in [9.17, 15) is 4.79 Å². The van der Waals surface area contributed by atoms with Gasteiger partial charge in [0.15, 0.2) is 0 Å². The van der Waals surface area contributed by atoms with Crippen LogP contribution in [0.2, 0.25) is 0 Å². The fourth-order valence-electron chi connectivity index (χ4n) is 2.76. The lowest BCUT2D eigenvalue weighted by atomic mass is 10.0. The molecule has 0 aromatic heterocycles. The van der Waals surface area contributed by atoms with Crippen molar-refractivity contribution in [3.05, 3.63) is 12.2 Å². The van der Waals surface area contributed by atoms with Gasteiger partial charge in [0.1, 0.15) is 6.10 Å². The van der Waals surface area contributed by atoms with Gasteiger partial charge in [-0.05, 0) is 25.2 Å². The summed E-state index contributed by atoms with van der Waals surface area (Å²) in [6.45, 7) is 4.14. The Morgan fingerprint density at radius 1 is 1.44 bits per heavy atom. The highest BCUT2D eigenvalue weighted by molar-refractivity contribution is 5.72. The fourth-order valence-corrected chi connectivity index (χ4v) is 2.76. The molecular weight excluding hydrogens is 200 g/mol. The Kier molecular flexibility index (Phi) is 3.67. The Bertz CT molecular complexity index is 282. The summed E-state index contributed by atoms with van der Waals surface area (Å²) >= 11 is 0. The molecule has 90 valence electrons. The molecule has 0 amide bonds. The van der Waals surface area contributed by atoms with Gasteiger partial charge in [0, 0.05) is 5.92 Å². The Balaban J connectivity index is 1.77. The number of unbranched alkanes of at least 4 members (excludes halogenated alkanes) is 1. The Hall–Kier alpha value is -0.790. The molecule has 2 rings (SSSR count). The summed E-state index contributed by atoms with van der Waals surface area (Å²) in [7, 11) is 0. The van der Waals surface area contributed by atoms with E-state index in [4.69, 9.17) is 4.74 Å². The molecule has 4 unspecified atom stereocenters. The second-order valence-electron chi connectivity index (χ2n) is 5.30. The van der Waals surface area contributed by atoms with Crippen LogP contribution in [-0.4, -0.2) is 12.1 Å². The zero-order valence-corrected chi connectivity index (χ0v) is 10.3. The summed E-state index contributed by atoms with van der Waals surface area (Å²) in [5, 5.41) is 0. The molecule has 0 radical (unpaired) electrons. The van der Waals surface area contributed by atoms with Crippen LogP contribution >= 0.6 is 0 Å². The van der Waals surface area contributed by atoms with Gasteiger partial charge in [-0.1, -0.05) is 38.8 Å². The number of allylic oxidation sites excluding steroid dienone is 1. The molecule has 1 saturated carbocycles. The maximum Gasteiger partial charge on any atom is 0.308 e. The first-order chi connectivity index (χ1) is 7.70. The predicted octanol–water partition coefficient (Wildman–Crippen LogP) is 3.32. The van der Waals surface area contributed by atoms with Gasteiger partial charge in [0.25, 0.3) is 0 Å². The molecule has 2 bridgehead atoms. The van der Waals surface area contributed by atoms with Crippen LogP contribution < -0.4 is 0 Å². The average Bonchev–Trinajstić information content (AvgIpc) is 2.87. The summed E-state index contributed by atoms with van der Waals surface area (Å²) in [6.07, 6.45) is 10.1. The molecule has 1 fully saturated rings. The zero-order valence-electron chi connectivity index (χ0n) is 10.3. The van der Waals surface area contributed by atoms with Gasteiger partial charge >= 0.3 is 5.97 Å². The Morgan fingerprint density at radius 2 is 2.25 bits per heavy atom. The minimum Gasteiger partial charge on any atom is -0.462 e. The first-order valence-corrected chi connectivity index (χ1v) is 6.59. The first-order valence-electron chi connectivity index (χ1n) is 6.59. The number of hydrogen-bond donors (Lipinski definition) is 0. The lowest BCUT2D eigenvalue weighted by Crippen LogP contribution is -2.25. The lowest BCUT2D eigenvalue weighted by molar-refractivity contribution is -0.154. The molecule has 2 nitrogen and oxygen atoms in total. The molecule has 0 aliphatic heterocycles. The third kappa shape index (κ3) is 2.47. The van der Waals surface area contributed by atoms with E-state index in [1.54, 1.807) is 0 Å². The van der Waals surface area contributed by atoms with Gasteiger partial charge in [0.05, 0.1) is 5.92 Å². The average molecular weight is 222 g/mol. The lowest BCUT2D eigenvalue weighted by Gasteiger charge is -2.21. The summed E-state index contributed by atoms with van der Waals surface area (Å²) in [4.78, 5) is 11.8. The number of carbonyl (C=O) groups is 1. The summed E-state index contributed by atoms with van der Waals surface area (Å²) in [5.74, 6) is 1.27. The number of carbonyl (C=O) groups excluding carboxylic acids is 1. The molecule has 0 heterocycles. The van der Waals surface area contributed by atoms with Crippen molar-refractivity contribution in [2.45, 2.75) is 52.1 Å². The van der Waals surface area contributed by atoms with Crippen LogP contribution in [0.3, 0.4) is 0 Å². The maximum atomic E-state index is 11.8. The van der Waals surface area contributed by atoms with Crippen molar-refractivity contribution in [2.75, 3.05) is 0 Å². The Morgan fingerprint density at radius 3 is 2.81 bits per heavy atom.